The van der Waals surface area contributed by atoms with E-state index in [0.717, 1.165) is 15.5 Å². The molecule has 0 saturated carbocycles. The van der Waals surface area contributed by atoms with Gasteiger partial charge in [0.25, 0.3) is 11.8 Å². The molecule has 0 fully saturated rings. The first kappa shape index (κ1) is 20.9. The van der Waals surface area contributed by atoms with Crippen LogP contribution in [0.2, 0.25) is 0 Å². The van der Waals surface area contributed by atoms with E-state index in [1.807, 2.05) is 30.5 Å². The van der Waals surface area contributed by atoms with Crippen LogP contribution in [0.1, 0.15) is 5.56 Å². The van der Waals surface area contributed by atoms with Crippen LogP contribution in [0.25, 0.3) is 0 Å². The number of amides is 2. The summed E-state index contributed by atoms with van der Waals surface area (Å²) >= 11 is 1.56. The maximum absolute atomic E-state index is 13.5. The van der Waals surface area contributed by atoms with Gasteiger partial charge in [0.2, 0.25) is 0 Å². The topological polar surface area (TPSA) is 62.6 Å². The van der Waals surface area contributed by atoms with Crippen molar-refractivity contribution in [2.24, 2.45) is 0 Å². The van der Waals surface area contributed by atoms with Gasteiger partial charge < -0.3 is 15.5 Å². The number of para-hydroxylation sites is 1. The SMILES string of the molecule is CSc1ccccc1NC(=O)C[NH+](C)CC(=O)NCCc1ccccc1F. The van der Waals surface area contributed by atoms with Gasteiger partial charge in [-0.15, -0.1) is 11.8 Å². The van der Waals surface area contributed by atoms with Gasteiger partial charge in [-0.3, -0.25) is 9.59 Å². The zero-order chi connectivity index (χ0) is 19.6. The summed E-state index contributed by atoms with van der Waals surface area (Å²) in [5.41, 5.74) is 1.35. The van der Waals surface area contributed by atoms with Gasteiger partial charge in [0.15, 0.2) is 13.1 Å². The summed E-state index contributed by atoms with van der Waals surface area (Å²) in [6.07, 6.45) is 2.39. The number of halogens is 1. The Morgan fingerprint density at radius 3 is 2.44 bits per heavy atom. The number of hydrogen-bond donors (Lipinski definition) is 3. The van der Waals surface area contributed by atoms with Gasteiger partial charge in [-0.1, -0.05) is 30.3 Å². The maximum Gasteiger partial charge on any atom is 0.279 e. The fourth-order valence-electron chi connectivity index (χ4n) is 2.65. The predicted octanol–water partition coefficient (Wildman–Crippen LogP) is 1.36. The van der Waals surface area contributed by atoms with Crippen molar-refractivity contribution in [1.29, 1.82) is 0 Å². The fraction of sp³-hybridized carbons (Fsp3) is 0.300. The van der Waals surface area contributed by atoms with E-state index in [2.05, 4.69) is 10.6 Å². The molecule has 2 amide bonds. The van der Waals surface area contributed by atoms with Crippen LogP contribution in [-0.4, -0.2) is 44.8 Å². The number of nitrogens with one attached hydrogen (secondary N) is 3. The summed E-state index contributed by atoms with van der Waals surface area (Å²) in [5.74, 6) is -0.578. The molecular formula is C20H25FN3O2S+. The van der Waals surface area contributed by atoms with E-state index in [0.29, 0.717) is 18.5 Å². The summed E-state index contributed by atoms with van der Waals surface area (Å²) in [6, 6.07) is 14.1. The molecule has 0 bridgehead atoms. The van der Waals surface area contributed by atoms with E-state index < -0.39 is 0 Å². The van der Waals surface area contributed by atoms with Crippen LogP contribution in [-0.2, 0) is 16.0 Å². The van der Waals surface area contributed by atoms with Gasteiger partial charge in [0.05, 0.1) is 12.7 Å². The Morgan fingerprint density at radius 2 is 1.70 bits per heavy atom. The predicted molar refractivity (Wildman–Crippen MR) is 107 cm³/mol. The number of thioether (sulfide) groups is 1. The highest BCUT2D eigenvalue weighted by atomic mass is 32.2. The summed E-state index contributed by atoms with van der Waals surface area (Å²) in [6.45, 7) is 0.721. The number of hydrogen-bond acceptors (Lipinski definition) is 3. The molecule has 2 aromatic rings. The number of benzene rings is 2. The van der Waals surface area contributed by atoms with E-state index in [4.69, 9.17) is 0 Å². The van der Waals surface area contributed by atoms with E-state index in [1.165, 1.54) is 6.07 Å². The molecule has 0 saturated heterocycles. The number of carbonyl (C=O) groups excluding carboxylic acids is 2. The van der Waals surface area contributed by atoms with Crippen molar-refractivity contribution >= 4 is 29.3 Å². The molecule has 0 heterocycles. The van der Waals surface area contributed by atoms with Crippen LogP contribution in [0, 0.1) is 5.82 Å². The van der Waals surface area contributed by atoms with Crippen molar-refractivity contribution in [1.82, 2.24) is 5.32 Å². The van der Waals surface area contributed by atoms with Crippen LogP contribution >= 0.6 is 11.8 Å². The van der Waals surface area contributed by atoms with Gasteiger partial charge in [0.1, 0.15) is 5.82 Å². The van der Waals surface area contributed by atoms with E-state index in [-0.39, 0.29) is 30.7 Å². The van der Waals surface area contributed by atoms with Gasteiger partial charge in [-0.05, 0) is 36.4 Å². The minimum Gasteiger partial charge on any atom is -0.351 e. The van der Waals surface area contributed by atoms with Crippen LogP contribution in [0.15, 0.2) is 53.4 Å². The quantitative estimate of drug-likeness (QED) is 0.567. The number of quaternary nitrogens is 1. The Bertz CT molecular complexity index is 785. The Hall–Kier alpha value is -2.38. The molecule has 0 aliphatic rings. The van der Waals surface area contributed by atoms with Gasteiger partial charge >= 0.3 is 0 Å². The second kappa shape index (κ2) is 10.7. The van der Waals surface area contributed by atoms with E-state index in [9.17, 15) is 14.0 Å². The average molecular weight is 391 g/mol. The lowest BCUT2D eigenvalue weighted by molar-refractivity contribution is -0.862. The first-order valence-corrected chi connectivity index (χ1v) is 9.96. The molecular weight excluding hydrogens is 365 g/mol. The summed E-state index contributed by atoms with van der Waals surface area (Å²) in [4.78, 5) is 26.0. The molecule has 3 N–H and O–H groups in total. The highest BCUT2D eigenvalue weighted by Gasteiger charge is 2.15. The molecule has 0 spiro atoms. The third-order valence-electron chi connectivity index (χ3n) is 3.98. The Balaban J connectivity index is 1.72. The first-order chi connectivity index (χ1) is 13.0. The molecule has 0 aliphatic carbocycles. The Kier molecular flexibility index (Phi) is 8.29. The highest BCUT2D eigenvalue weighted by Crippen LogP contribution is 2.24. The van der Waals surface area contributed by atoms with Gasteiger partial charge in [-0.25, -0.2) is 4.39 Å². The van der Waals surface area contributed by atoms with Crippen LogP contribution in [0.4, 0.5) is 10.1 Å². The molecule has 1 unspecified atom stereocenters. The summed E-state index contributed by atoms with van der Waals surface area (Å²) in [7, 11) is 1.79. The lowest BCUT2D eigenvalue weighted by atomic mass is 10.1. The number of rotatable bonds is 9. The third kappa shape index (κ3) is 7.03. The molecule has 2 aromatic carbocycles. The fourth-order valence-corrected chi connectivity index (χ4v) is 3.21. The maximum atomic E-state index is 13.5. The standard InChI is InChI=1S/C20H24FN3O2S/c1-24(14-20(26)23-17-9-5-6-10-18(17)27-2)13-19(25)22-12-11-15-7-3-4-8-16(15)21/h3-10H,11-14H2,1-2H3,(H,22,25)(H,23,26)/p+1. The van der Waals surface area contributed by atoms with Crippen LogP contribution in [0.3, 0.4) is 0 Å². The average Bonchev–Trinajstić information content (AvgIpc) is 2.63. The lowest BCUT2D eigenvalue weighted by Crippen LogP contribution is -3.11. The van der Waals surface area contributed by atoms with Gasteiger partial charge in [-0.2, -0.15) is 0 Å². The molecule has 144 valence electrons. The van der Waals surface area contributed by atoms with E-state index in [1.54, 1.807) is 37.0 Å². The normalized spacial score (nSPS) is 11.7. The Labute approximate surface area is 163 Å². The largest absolute Gasteiger partial charge is 0.351 e. The van der Waals surface area contributed by atoms with Crippen molar-refractivity contribution in [2.45, 2.75) is 11.3 Å². The second-order valence-electron chi connectivity index (χ2n) is 6.25. The minimum absolute atomic E-state index is 0.145. The summed E-state index contributed by atoms with van der Waals surface area (Å²) < 4.78 is 13.5. The molecule has 5 nitrogen and oxygen atoms in total. The Morgan fingerprint density at radius 1 is 1.04 bits per heavy atom. The number of carbonyl (C=O) groups is 2. The van der Waals surface area contributed by atoms with Crippen molar-refractivity contribution < 1.29 is 18.9 Å². The highest BCUT2D eigenvalue weighted by molar-refractivity contribution is 7.98. The molecule has 27 heavy (non-hydrogen) atoms. The molecule has 7 heteroatoms. The molecule has 0 radical (unpaired) electrons. The number of likely N-dealkylation sites (N-methyl/N-ethyl adjacent to an activating group) is 1. The van der Waals surface area contributed by atoms with Crippen LogP contribution < -0.4 is 15.5 Å². The molecule has 2 rings (SSSR count). The zero-order valence-corrected chi connectivity index (χ0v) is 16.4. The molecule has 0 aliphatic heterocycles. The number of anilines is 1. The van der Waals surface area contributed by atoms with Crippen molar-refractivity contribution in [3.8, 4) is 0 Å². The molecule has 0 aromatic heterocycles. The lowest BCUT2D eigenvalue weighted by Gasteiger charge is -2.14. The van der Waals surface area contributed by atoms with Crippen molar-refractivity contribution in [3.63, 3.8) is 0 Å². The summed E-state index contributed by atoms with van der Waals surface area (Å²) in [5, 5.41) is 5.65. The zero-order valence-electron chi connectivity index (χ0n) is 15.5. The van der Waals surface area contributed by atoms with Gasteiger partial charge in [0, 0.05) is 11.4 Å². The first-order valence-electron chi connectivity index (χ1n) is 8.74. The van der Waals surface area contributed by atoms with Crippen LogP contribution in [0.5, 0.6) is 0 Å². The smallest absolute Gasteiger partial charge is 0.279 e. The van der Waals surface area contributed by atoms with E-state index >= 15 is 0 Å². The molecule has 1 atom stereocenters. The monoisotopic (exact) mass is 390 g/mol. The van der Waals surface area contributed by atoms with Crippen molar-refractivity contribution in [3.05, 3.63) is 59.9 Å². The minimum atomic E-state index is -0.267. The third-order valence-corrected chi connectivity index (χ3v) is 4.78. The van der Waals surface area contributed by atoms with Crippen molar-refractivity contribution in [2.75, 3.05) is 38.3 Å². The second-order valence-corrected chi connectivity index (χ2v) is 7.10.